The van der Waals surface area contributed by atoms with E-state index in [9.17, 15) is 8.78 Å². The van der Waals surface area contributed by atoms with E-state index in [0.29, 0.717) is 16.8 Å². The van der Waals surface area contributed by atoms with E-state index < -0.39 is 11.6 Å². The van der Waals surface area contributed by atoms with Gasteiger partial charge in [-0.1, -0.05) is 11.8 Å². The minimum absolute atomic E-state index is 0.229. The van der Waals surface area contributed by atoms with Crippen LogP contribution in [0.3, 0.4) is 0 Å². The van der Waals surface area contributed by atoms with Gasteiger partial charge in [0, 0.05) is 19.0 Å². The number of anilines is 1. The van der Waals surface area contributed by atoms with E-state index in [1.807, 2.05) is 0 Å². The smallest absolute Gasteiger partial charge is 0.137 e. The molecule has 0 amide bonds. The molecule has 0 saturated heterocycles. The van der Waals surface area contributed by atoms with E-state index in [1.165, 1.54) is 6.07 Å². The Morgan fingerprint density at radius 1 is 1.20 bits per heavy atom. The van der Waals surface area contributed by atoms with Crippen LogP contribution in [0.25, 0.3) is 0 Å². The fourth-order valence-electron chi connectivity index (χ4n) is 1.82. The van der Waals surface area contributed by atoms with Crippen LogP contribution in [-0.4, -0.2) is 17.0 Å². The van der Waals surface area contributed by atoms with Gasteiger partial charge in [-0.3, -0.25) is 0 Å². The molecular weight excluding hydrogens is 280 g/mol. The third kappa shape index (κ3) is 2.90. The van der Waals surface area contributed by atoms with Crippen LogP contribution in [0.5, 0.6) is 0 Å². The monoisotopic (exact) mass is 293 g/mol. The average molecular weight is 293 g/mol. The van der Waals surface area contributed by atoms with Crippen molar-refractivity contribution < 1.29 is 8.78 Å². The molecule has 104 valence electrons. The van der Waals surface area contributed by atoms with E-state index in [4.69, 9.17) is 0 Å². The fraction of sp³-hybridized carbons (Fsp3) is 0.286. The number of hydrogen-bond donors (Lipinski definition) is 1. The first-order valence-corrected chi connectivity index (χ1v) is 7.17. The maximum atomic E-state index is 13.7. The maximum absolute atomic E-state index is 13.7. The van der Waals surface area contributed by atoms with Gasteiger partial charge >= 0.3 is 0 Å². The molecule has 0 spiro atoms. The highest BCUT2D eigenvalue weighted by molar-refractivity contribution is 7.99. The number of halogens is 2. The largest absolute Gasteiger partial charge is 0.373 e. The van der Waals surface area contributed by atoms with Gasteiger partial charge in [0.1, 0.15) is 28.3 Å². The van der Waals surface area contributed by atoms with Crippen LogP contribution in [-0.2, 0) is 0 Å². The molecule has 0 unspecified atom stereocenters. The summed E-state index contributed by atoms with van der Waals surface area (Å²) >= 11 is 1.11. The molecule has 1 N–H and O–H groups in total. The third-order valence-corrected chi connectivity index (χ3v) is 3.98. The first kappa shape index (κ1) is 13.3. The first-order valence-electron chi connectivity index (χ1n) is 6.35. The lowest BCUT2D eigenvalue weighted by Crippen LogP contribution is -2.00. The molecule has 3 nitrogen and oxygen atoms in total. The van der Waals surface area contributed by atoms with Crippen molar-refractivity contribution in [2.24, 2.45) is 0 Å². The number of rotatable bonds is 4. The van der Waals surface area contributed by atoms with E-state index >= 15 is 0 Å². The molecule has 6 heteroatoms. The predicted octanol–water partition coefficient (Wildman–Crippen LogP) is 3.83. The lowest BCUT2D eigenvalue weighted by molar-refractivity contribution is 0.577. The highest BCUT2D eigenvalue weighted by atomic mass is 32.2. The van der Waals surface area contributed by atoms with Gasteiger partial charge in [0.15, 0.2) is 0 Å². The quantitative estimate of drug-likeness (QED) is 0.870. The third-order valence-electron chi connectivity index (χ3n) is 3.03. The van der Waals surface area contributed by atoms with Gasteiger partial charge in [-0.05, 0) is 31.0 Å². The van der Waals surface area contributed by atoms with Crippen molar-refractivity contribution in [3.8, 4) is 0 Å². The van der Waals surface area contributed by atoms with E-state index in [0.717, 1.165) is 42.6 Å². The number of nitrogens with zero attached hydrogens (tertiary/aromatic N) is 2. The van der Waals surface area contributed by atoms with Crippen molar-refractivity contribution in [1.82, 2.24) is 9.97 Å². The highest BCUT2D eigenvalue weighted by Gasteiger charge is 2.27. The zero-order valence-corrected chi connectivity index (χ0v) is 11.7. The summed E-state index contributed by atoms with van der Waals surface area (Å²) in [5.41, 5.74) is 0. The predicted molar refractivity (Wildman–Crippen MR) is 74.0 cm³/mol. The summed E-state index contributed by atoms with van der Waals surface area (Å²) in [6, 6.07) is 5.15. The van der Waals surface area contributed by atoms with Crippen molar-refractivity contribution in [1.29, 1.82) is 0 Å². The van der Waals surface area contributed by atoms with Crippen LogP contribution in [0.2, 0.25) is 0 Å². The Kier molecular flexibility index (Phi) is 3.56. The number of hydrogen-bond acceptors (Lipinski definition) is 4. The Morgan fingerprint density at radius 2 is 2.00 bits per heavy atom. The van der Waals surface area contributed by atoms with Crippen molar-refractivity contribution >= 4 is 17.6 Å². The first-order chi connectivity index (χ1) is 9.65. The van der Waals surface area contributed by atoms with Gasteiger partial charge in [-0.25, -0.2) is 18.7 Å². The lowest BCUT2D eigenvalue weighted by Gasteiger charge is -2.07. The van der Waals surface area contributed by atoms with Gasteiger partial charge in [0.25, 0.3) is 0 Å². The Morgan fingerprint density at radius 3 is 2.70 bits per heavy atom. The molecular formula is C14H13F2N3S. The molecule has 1 heterocycles. The Labute approximate surface area is 119 Å². The Balaban J connectivity index is 1.93. The summed E-state index contributed by atoms with van der Waals surface area (Å²) in [5.74, 6) is 0.964. The Hall–Kier alpha value is -1.69. The molecule has 2 aromatic rings. The zero-order chi connectivity index (χ0) is 14.1. The molecule has 1 aliphatic rings. The molecule has 1 aromatic carbocycles. The molecule has 0 atom stereocenters. The minimum Gasteiger partial charge on any atom is -0.373 e. The average Bonchev–Trinajstić information content (AvgIpc) is 3.27. The molecule has 3 rings (SSSR count). The summed E-state index contributed by atoms with van der Waals surface area (Å²) in [6.07, 6.45) is 2.18. The summed E-state index contributed by atoms with van der Waals surface area (Å²) in [5, 5.41) is 3.59. The van der Waals surface area contributed by atoms with Crippen molar-refractivity contribution in [3.05, 3.63) is 41.7 Å². The second-order valence-corrected chi connectivity index (χ2v) is 5.71. The molecule has 1 saturated carbocycles. The fourth-order valence-corrected chi connectivity index (χ4v) is 2.69. The zero-order valence-electron chi connectivity index (χ0n) is 10.9. The van der Waals surface area contributed by atoms with Crippen molar-refractivity contribution in [2.75, 3.05) is 12.4 Å². The normalized spacial score (nSPS) is 14.3. The van der Waals surface area contributed by atoms with Gasteiger partial charge in [-0.2, -0.15) is 0 Å². The molecule has 20 heavy (non-hydrogen) atoms. The van der Waals surface area contributed by atoms with Crippen LogP contribution in [0.4, 0.5) is 14.6 Å². The molecule has 1 aliphatic carbocycles. The topological polar surface area (TPSA) is 37.8 Å². The van der Waals surface area contributed by atoms with E-state index in [-0.39, 0.29) is 4.90 Å². The molecule has 0 aliphatic heterocycles. The summed E-state index contributed by atoms with van der Waals surface area (Å²) in [4.78, 5) is 9.05. The van der Waals surface area contributed by atoms with Crippen LogP contribution < -0.4 is 5.32 Å². The van der Waals surface area contributed by atoms with E-state index in [2.05, 4.69) is 15.3 Å². The molecule has 0 radical (unpaired) electrons. The standard InChI is InChI=1S/C14H13F2N3S/c1-17-12-7-13(19-14(18-12)8-2-3-8)20-11-6-9(15)4-5-10(11)16/h4-8H,2-3H2,1H3,(H,17,18,19). The lowest BCUT2D eigenvalue weighted by atomic mass is 10.3. The van der Waals surface area contributed by atoms with Gasteiger partial charge in [-0.15, -0.1) is 0 Å². The second kappa shape index (κ2) is 5.36. The summed E-state index contributed by atoms with van der Waals surface area (Å²) < 4.78 is 26.9. The highest BCUT2D eigenvalue weighted by Crippen LogP contribution is 2.40. The van der Waals surface area contributed by atoms with Crippen LogP contribution in [0.1, 0.15) is 24.6 Å². The minimum atomic E-state index is -0.459. The second-order valence-electron chi connectivity index (χ2n) is 4.65. The van der Waals surface area contributed by atoms with Crippen LogP contribution in [0.15, 0.2) is 34.2 Å². The number of aromatic nitrogens is 2. The molecule has 1 aromatic heterocycles. The van der Waals surface area contributed by atoms with Crippen LogP contribution in [0, 0.1) is 11.6 Å². The molecule has 0 bridgehead atoms. The van der Waals surface area contributed by atoms with E-state index in [1.54, 1.807) is 13.1 Å². The van der Waals surface area contributed by atoms with Gasteiger partial charge in [0.2, 0.25) is 0 Å². The van der Waals surface area contributed by atoms with Crippen LogP contribution >= 0.6 is 11.8 Å². The SMILES string of the molecule is CNc1cc(Sc2cc(F)ccc2F)nc(C2CC2)n1. The van der Waals surface area contributed by atoms with Gasteiger partial charge < -0.3 is 5.32 Å². The molecule has 1 fully saturated rings. The maximum Gasteiger partial charge on any atom is 0.137 e. The van der Waals surface area contributed by atoms with Crippen molar-refractivity contribution in [2.45, 2.75) is 28.7 Å². The number of benzene rings is 1. The van der Waals surface area contributed by atoms with Gasteiger partial charge in [0.05, 0.1) is 4.90 Å². The Bertz CT molecular complexity index is 644. The van der Waals surface area contributed by atoms with Crippen molar-refractivity contribution in [3.63, 3.8) is 0 Å². The summed E-state index contributed by atoms with van der Waals surface area (Å²) in [7, 11) is 1.77. The number of nitrogens with one attached hydrogen (secondary N) is 1. The summed E-state index contributed by atoms with van der Waals surface area (Å²) in [6.45, 7) is 0.